The molecule has 0 aliphatic carbocycles. The highest BCUT2D eigenvalue weighted by molar-refractivity contribution is 4.53. The van der Waals surface area contributed by atoms with Crippen molar-refractivity contribution < 1.29 is 17.9 Å². The van der Waals surface area contributed by atoms with Crippen LogP contribution in [0.5, 0.6) is 0 Å². The van der Waals surface area contributed by atoms with Crippen molar-refractivity contribution in [1.29, 1.82) is 0 Å². The van der Waals surface area contributed by atoms with E-state index >= 15 is 0 Å². The minimum Gasteiger partial charge on any atom is -0.369 e. The molecule has 0 aromatic carbocycles. The summed E-state index contributed by atoms with van der Waals surface area (Å²) in [7, 11) is 0. The number of hydrogen-bond donors (Lipinski definition) is 0. The van der Waals surface area contributed by atoms with Gasteiger partial charge in [-0.05, 0) is 13.3 Å². The molecular weight excluding hydrogens is 169 g/mol. The third kappa shape index (κ3) is 7.85. The molecule has 0 aromatic heterocycles. The first-order valence-electron chi connectivity index (χ1n) is 4.14. The maximum atomic E-state index is 11.6. The first kappa shape index (κ1) is 11.8. The molecule has 0 saturated carbocycles. The summed E-state index contributed by atoms with van der Waals surface area (Å²) >= 11 is 0. The molecule has 0 amide bonds. The van der Waals surface area contributed by atoms with Gasteiger partial charge in [-0.1, -0.05) is 19.8 Å². The van der Waals surface area contributed by atoms with Crippen LogP contribution in [0.1, 0.15) is 33.1 Å². The first-order valence-corrected chi connectivity index (χ1v) is 4.14. The fourth-order valence-electron chi connectivity index (χ4n) is 0.812. The standard InChI is InChI=1S/C8H15F3O/c1-3-4-5-7(2)12-6-8(9,10)11/h7H,3-6H2,1-2H3. The fraction of sp³-hybridized carbons (Fsp3) is 1.00. The SMILES string of the molecule is CCCCC(C)OCC(F)(F)F. The molecule has 0 fully saturated rings. The Morgan fingerprint density at radius 1 is 1.33 bits per heavy atom. The lowest BCUT2D eigenvalue weighted by atomic mass is 10.2. The number of rotatable bonds is 5. The van der Waals surface area contributed by atoms with Crippen molar-refractivity contribution >= 4 is 0 Å². The summed E-state index contributed by atoms with van der Waals surface area (Å²) < 4.78 is 39.4. The summed E-state index contributed by atoms with van der Waals surface area (Å²) in [6.07, 6.45) is -1.88. The Morgan fingerprint density at radius 3 is 2.33 bits per heavy atom. The zero-order chi connectivity index (χ0) is 9.61. The van der Waals surface area contributed by atoms with Crippen molar-refractivity contribution in [2.75, 3.05) is 6.61 Å². The van der Waals surface area contributed by atoms with Crippen molar-refractivity contribution in [3.63, 3.8) is 0 Å². The first-order chi connectivity index (χ1) is 5.45. The summed E-state index contributed by atoms with van der Waals surface area (Å²) in [5.41, 5.74) is 0. The van der Waals surface area contributed by atoms with Crippen molar-refractivity contribution in [1.82, 2.24) is 0 Å². The molecule has 12 heavy (non-hydrogen) atoms. The Hall–Kier alpha value is -0.250. The van der Waals surface area contributed by atoms with E-state index in [1.807, 2.05) is 6.92 Å². The van der Waals surface area contributed by atoms with E-state index in [0.29, 0.717) is 6.42 Å². The molecule has 0 radical (unpaired) electrons. The highest BCUT2D eigenvalue weighted by Gasteiger charge is 2.28. The predicted molar refractivity (Wildman–Crippen MR) is 41.0 cm³/mol. The van der Waals surface area contributed by atoms with Gasteiger partial charge >= 0.3 is 6.18 Å². The van der Waals surface area contributed by atoms with Crippen molar-refractivity contribution in [2.45, 2.75) is 45.4 Å². The van der Waals surface area contributed by atoms with Crippen LogP contribution in [0.15, 0.2) is 0 Å². The van der Waals surface area contributed by atoms with Gasteiger partial charge in [-0.3, -0.25) is 0 Å². The Bertz CT molecular complexity index is 111. The second-order valence-electron chi connectivity index (χ2n) is 2.88. The maximum absolute atomic E-state index is 11.6. The van der Waals surface area contributed by atoms with Crippen LogP contribution in [0.25, 0.3) is 0 Å². The molecule has 1 unspecified atom stereocenters. The van der Waals surface area contributed by atoms with Gasteiger partial charge in [0.15, 0.2) is 0 Å². The third-order valence-corrected chi connectivity index (χ3v) is 1.50. The summed E-state index contributed by atoms with van der Waals surface area (Å²) in [4.78, 5) is 0. The Morgan fingerprint density at radius 2 is 1.92 bits per heavy atom. The van der Waals surface area contributed by atoms with E-state index in [4.69, 9.17) is 0 Å². The fourth-order valence-corrected chi connectivity index (χ4v) is 0.812. The highest BCUT2D eigenvalue weighted by Crippen LogP contribution is 2.16. The van der Waals surface area contributed by atoms with E-state index in [9.17, 15) is 13.2 Å². The summed E-state index contributed by atoms with van der Waals surface area (Å²) in [6.45, 7) is 2.54. The Kier molecular flexibility index (Phi) is 5.29. The Balaban J connectivity index is 3.37. The Labute approximate surface area is 70.9 Å². The van der Waals surface area contributed by atoms with Gasteiger partial charge in [0, 0.05) is 0 Å². The van der Waals surface area contributed by atoms with Gasteiger partial charge in [-0.15, -0.1) is 0 Å². The van der Waals surface area contributed by atoms with Gasteiger partial charge < -0.3 is 4.74 Å². The summed E-state index contributed by atoms with van der Waals surface area (Å²) in [5.74, 6) is 0. The molecule has 0 bridgehead atoms. The molecule has 0 spiro atoms. The van der Waals surface area contributed by atoms with Crippen LogP contribution in [0.3, 0.4) is 0 Å². The smallest absolute Gasteiger partial charge is 0.369 e. The van der Waals surface area contributed by atoms with Crippen LogP contribution in [-0.4, -0.2) is 18.9 Å². The van der Waals surface area contributed by atoms with Crippen molar-refractivity contribution in [3.05, 3.63) is 0 Å². The monoisotopic (exact) mass is 184 g/mol. The number of halogens is 3. The maximum Gasteiger partial charge on any atom is 0.411 e. The van der Waals surface area contributed by atoms with Crippen molar-refractivity contribution in [2.24, 2.45) is 0 Å². The minimum atomic E-state index is -4.19. The quantitative estimate of drug-likeness (QED) is 0.637. The number of hydrogen-bond acceptors (Lipinski definition) is 1. The van der Waals surface area contributed by atoms with Crippen LogP contribution in [-0.2, 0) is 4.74 Å². The lowest BCUT2D eigenvalue weighted by molar-refractivity contribution is -0.184. The zero-order valence-electron chi connectivity index (χ0n) is 7.45. The molecule has 0 saturated heterocycles. The van der Waals surface area contributed by atoms with Gasteiger partial charge in [0.1, 0.15) is 6.61 Å². The van der Waals surface area contributed by atoms with Gasteiger partial charge in [-0.25, -0.2) is 0 Å². The molecule has 0 aliphatic rings. The second-order valence-corrected chi connectivity index (χ2v) is 2.88. The van der Waals surface area contributed by atoms with Crippen LogP contribution >= 0.6 is 0 Å². The number of alkyl halides is 3. The molecule has 74 valence electrons. The minimum absolute atomic E-state index is 0.286. The topological polar surface area (TPSA) is 9.23 Å². The lowest BCUT2D eigenvalue weighted by Crippen LogP contribution is -2.21. The molecule has 1 atom stereocenters. The highest BCUT2D eigenvalue weighted by atomic mass is 19.4. The average molecular weight is 184 g/mol. The molecule has 0 aliphatic heterocycles. The van der Waals surface area contributed by atoms with E-state index in [2.05, 4.69) is 4.74 Å². The summed E-state index contributed by atoms with van der Waals surface area (Å²) in [6, 6.07) is 0. The second kappa shape index (κ2) is 5.41. The molecule has 4 heteroatoms. The largest absolute Gasteiger partial charge is 0.411 e. The van der Waals surface area contributed by atoms with E-state index < -0.39 is 12.8 Å². The summed E-state index contributed by atoms with van der Waals surface area (Å²) in [5, 5.41) is 0. The predicted octanol–water partition coefficient (Wildman–Crippen LogP) is 3.14. The van der Waals surface area contributed by atoms with Crippen molar-refractivity contribution in [3.8, 4) is 0 Å². The molecule has 0 rings (SSSR count). The molecule has 0 aromatic rings. The van der Waals surface area contributed by atoms with Crippen LogP contribution in [0, 0.1) is 0 Å². The van der Waals surface area contributed by atoms with E-state index in [1.54, 1.807) is 6.92 Å². The van der Waals surface area contributed by atoms with Gasteiger partial charge in [0.2, 0.25) is 0 Å². The third-order valence-electron chi connectivity index (χ3n) is 1.50. The van der Waals surface area contributed by atoms with Crippen LogP contribution < -0.4 is 0 Å². The normalized spacial score (nSPS) is 14.8. The molecular formula is C8H15F3O. The van der Waals surface area contributed by atoms with Gasteiger partial charge in [0.05, 0.1) is 6.10 Å². The zero-order valence-corrected chi connectivity index (χ0v) is 7.45. The molecule has 0 N–H and O–H groups in total. The van der Waals surface area contributed by atoms with Crippen LogP contribution in [0.2, 0.25) is 0 Å². The van der Waals surface area contributed by atoms with E-state index in [-0.39, 0.29) is 6.10 Å². The number of ether oxygens (including phenoxy) is 1. The van der Waals surface area contributed by atoms with E-state index in [0.717, 1.165) is 12.8 Å². The van der Waals surface area contributed by atoms with Crippen LogP contribution in [0.4, 0.5) is 13.2 Å². The average Bonchev–Trinajstić information content (AvgIpc) is 1.95. The lowest BCUT2D eigenvalue weighted by Gasteiger charge is -2.13. The molecule has 1 nitrogen and oxygen atoms in total. The van der Waals surface area contributed by atoms with Gasteiger partial charge in [0.25, 0.3) is 0 Å². The molecule has 0 heterocycles. The van der Waals surface area contributed by atoms with E-state index in [1.165, 1.54) is 0 Å². The van der Waals surface area contributed by atoms with Gasteiger partial charge in [-0.2, -0.15) is 13.2 Å². The number of unbranched alkanes of at least 4 members (excludes halogenated alkanes) is 1.